The molecule has 0 bridgehead atoms. The first-order valence-corrected chi connectivity index (χ1v) is 5.94. The average Bonchev–Trinajstić information content (AvgIpc) is 2.01. The molecule has 3 nitrogen and oxygen atoms in total. The fourth-order valence-electron chi connectivity index (χ4n) is 0.705. The van der Waals surface area contributed by atoms with E-state index in [9.17, 15) is 8.42 Å². The summed E-state index contributed by atoms with van der Waals surface area (Å²) < 4.78 is 24.6. The molecule has 0 spiro atoms. The van der Waals surface area contributed by atoms with Gasteiger partial charge in [-0.05, 0) is 25.8 Å². The second kappa shape index (κ2) is 4.24. The highest BCUT2D eigenvalue weighted by atomic mass is 32.2. The lowest BCUT2D eigenvalue weighted by molar-refractivity contribution is 0.429. The molecule has 0 aromatic heterocycles. The lowest BCUT2D eigenvalue weighted by atomic mass is 9.84. The Morgan fingerprint density at radius 3 is 2.23 bits per heavy atom. The zero-order valence-corrected chi connectivity index (χ0v) is 9.66. The molecule has 0 amide bonds. The molecule has 4 heteroatoms. The first-order valence-electron chi connectivity index (χ1n) is 4.28. The molecule has 0 radical (unpaired) electrons. The Labute approximate surface area is 81.3 Å². The lowest BCUT2D eigenvalue weighted by Crippen LogP contribution is -2.26. The molecule has 0 unspecified atom stereocenters. The molecule has 0 aliphatic rings. The van der Waals surface area contributed by atoms with E-state index in [1.165, 1.54) is 7.05 Å². The minimum atomic E-state index is -3.08. The highest BCUT2D eigenvalue weighted by Crippen LogP contribution is 2.28. The van der Waals surface area contributed by atoms with Gasteiger partial charge < -0.3 is 0 Å². The molecule has 0 saturated carbocycles. The van der Waals surface area contributed by atoms with Gasteiger partial charge in [0, 0.05) is 0 Å². The largest absolute Gasteiger partial charge is 0.218 e. The highest BCUT2D eigenvalue weighted by Gasteiger charge is 2.21. The fraction of sp³-hybridized carbons (Fsp3) is 0.778. The Kier molecular flexibility index (Phi) is 4.13. The van der Waals surface area contributed by atoms with Crippen molar-refractivity contribution in [3.63, 3.8) is 0 Å². The van der Waals surface area contributed by atoms with Crippen molar-refractivity contribution in [3.05, 3.63) is 12.2 Å². The van der Waals surface area contributed by atoms with Crippen LogP contribution < -0.4 is 4.72 Å². The van der Waals surface area contributed by atoms with Crippen LogP contribution in [0.4, 0.5) is 0 Å². The Balaban J connectivity index is 4.26. The summed E-state index contributed by atoms with van der Waals surface area (Å²) in [6, 6.07) is 0. The van der Waals surface area contributed by atoms with Gasteiger partial charge >= 0.3 is 0 Å². The van der Waals surface area contributed by atoms with Crippen molar-refractivity contribution in [3.8, 4) is 0 Å². The molecule has 0 rings (SSSR count). The van der Waals surface area contributed by atoms with Gasteiger partial charge in [-0.25, -0.2) is 13.1 Å². The number of nitrogens with one attached hydrogen (secondary N) is 1. The molecule has 0 saturated heterocycles. The molecule has 0 atom stereocenters. The van der Waals surface area contributed by atoms with Gasteiger partial charge in [-0.15, -0.1) is 0 Å². The van der Waals surface area contributed by atoms with Gasteiger partial charge in [-0.3, -0.25) is 0 Å². The van der Waals surface area contributed by atoms with E-state index in [1.54, 1.807) is 0 Å². The van der Waals surface area contributed by atoms with Crippen LogP contribution in [0.5, 0.6) is 0 Å². The molecule has 13 heavy (non-hydrogen) atoms. The van der Waals surface area contributed by atoms with E-state index < -0.39 is 10.0 Å². The maximum absolute atomic E-state index is 11.1. The molecule has 0 aromatic carbocycles. The quantitative estimate of drug-likeness (QED) is 0.692. The summed E-state index contributed by atoms with van der Waals surface area (Å²) in [7, 11) is -1.64. The summed E-state index contributed by atoms with van der Waals surface area (Å²) in [4.78, 5) is 0. The number of hydrogen-bond donors (Lipinski definition) is 1. The fourth-order valence-corrected chi connectivity index (χ4v) is 1.69. The van der Waals surface area contributed by atoms with Crippen molar-refractivity contribution in [1.82, 2.24) is 4.72 Å². The molecule has 0 fully saturated rings. The van der Waals surface area contributed by atoms with Crippen LogP contribution in [0, 0.1) is 5.41 Å². The number of rotatable bonds is 5. The Bertz CT molecular complexity index is 278. The molecular formula is C9H19NO2S. The van der Waals surface area contributed by atoms with Crippen LogP contribution in [-0.2, 0) is 10.0 Å². The summed E-state index contributed by atoms with van der Waals surface area (Å²) in [5.41, 5.74) is 0.906. The van der Waals surface area contributed by atoms with Crippen LogP contribution in [0.2, 0.25) is 0 Å². The number of hydrogen-bond acceptors (Lipinski definition) is 2. The first-order chi connectivity index (χ1) is 5.71. The number of allylic oxidation sites excluding steroid dienone is 1. The van der Waals surface area contributed by atoms with Crippen LogP contribution in [0.1, 0.15) is 27.2 Å². The predicted octanol–water partition coefficient (Wildman–Crippen LogP) is 1.53. The van der Waals surface area contributed by atoms with Crippen molar-refractivity contribution >= 4 is 10.0 Å². The van der Waals surface area contributed by atoms with E-state index in [1.807, 2.05) is 20.8 Å². The topological polar surface area (TPSA) is 46.2 Å². The Morgan fingerprint density at radius 1 is 1.46 bits per heavy atom. The van der Waals surface area contributed by atoms with Gasteiger partial charge in [0.2, 0.25) is 10.0 Å². The lowest BCUT2D eigenvalue weighted by Gasteiger charge is -2.24. The minimum Gasteiger partial charge on any atom is -0.218 e. The highest BCUT2D eigenvalue weighted by molar-refractivity contribution is 7.89. The van der Waals surface area contributed by atoms with Gasteiger partial charge in [0.1, 0.15) is 0 Å². The van der Waals surface area contributed by atoms with E-state index in [0.717, 1.165) is 5.57 Å². The van der Waals surface area contributed by atoms with Crippen molar-refractivity contribution in [2.24, 2.45) is 5.41 Å². The third-order valence-electron chi connectivity index (χ3n) is 2.46. The monoisotopic (exact) mass is 205 g/mol. The zero-order chi connectivity index (χ0) is 10.7. The predicted molar refractivity (Wildman–Crippen MR) is 56.1 cm³/mol. The van der Waals surface area contributed by atoms with E-state index in [0.29, 0.717) is 6.42 Å². The van der Waals surface area contributed by atoms with Crippen LogP contribution >= 0.6 is 0 Å². The van der Waals surface area contributed by atoms with E-state index in [-0.39, 0.29) is 11.2 Å². The second-order valence-electron chi connectivity index (χ2n) is 3.94. The molecule has 0 aliphatic carbocycles. The maximum atomic E-state index is 11.1. The summed E-state index contributed by atoms with van der Waals surface area (Å²) in [6.45, 7) is 9.76. The second-order valence-corrected chi connectivity index (χ2v) is 5.98. The van der Waals surface area contributed by atoms with Gasteiger partial charge in [-0.2, -0.15) is 0 Å². The van der Waals surface area contributed by atoms with Crippen LogP contribution in [-0.4, -0.2) is 21.2 Å². The normalized spacial score (nSPS) is 12.9. The first kappa shape index (κ1) is 12.7. The summed E-state index contributed by atoms with van der Waals surface area (Å²) in [6.07, 6.45) is 0.603. The van der Waals surface area contributed by atoms with Crippen molar-refractivity contribution in [2.75, 3.05) is 12.8 Å². The maximum Gasteiger partial charge on any atom is 0.211 e. The van der Waals surface area contributed by atoms with Gasteiger partial charge in [0.05, 0.1) is 5.75 Å². The Morgan fingerprint density at radius 2 is 1.92 bits per heavy atom. The van der Waals surface area contributed by atoms with Crippen LogP contribution in [0.3, 0.4) is 0 Å². The van der Waals surface area contributed by atoms with Gasteiger partial charge in [0.25, 0.3) is 0 Å². The van der Waals surface area contributed by atoms with Gasteiger partial charge in [0.15, 0.2) is 0 Å². The molecular weight excluding hydrogens is 186 g/mol. The van der Waals surface area contributed by atoms with Crippen molar-refractivity contribution < 1.29 is 8.42 Å². The summed E-state index contributed by atoms with van der Waals surface area (Å²) >= 11 is 0. The molecule has 78 valence electrons. The van der Waals surface area contributed by atoms with Gasteiger partial charge in [-0.1, -0.05) is 26.0 Å². The van der Waals surface area contributed by atoms with E-state index in [2.05, 4.69) is 11.3 Å². The van der Waals surface area contributed by atoms with Crippen molar-refractivity contribution in [1.29, 1.82) is 0 Å². The number of sulfonamides is 1. The Hall–Kier alpha value is -0.350. The molecule has 0 aliphatic heterocycles. The third kappa shape index (κ3) is 4.43. The van der Waals surface area contributed by atoms with Crippen LogP contribution in [0.15, 0.2) is 12.2 Å². The molecule has 1 N–H and O–H groups in total. The molecule has 0 aromatic rings. The summed E-state index contributed by atoms with van der Waals surface area (Å²) in [5.74, 6) is 0.156. The average molecular weight is 205 g/mol. The standard InChI is InChI=1S/C9H19NO2S/c1-8(2)9(3,4)6-7-13(11,12)10-5/h10H,1,6-7H2,2-5H3. The molecule has 0 heterocycles. The van der Waals surface area contributed by atoms with Crippen molar-refractivity contribution in [2.45, 2.75) is 27.2 Å². The zero-order valence-electron chi connectivity index (χ0n) is 8.85. The van der Waals surface area contributed by atoms with E-state index in [4.69, 9.17) is 0 Å². The van der Waals surface area contributed by atoms with Crippen LogP contribution in [0.25, 0.3) is 0 Å². The van der Waals surface area contributed by atoms with E-state index >= 15 is 0 Å². The third-order valence-corrected chi connectivity index (χ3v) is 3.83. The minimum absolute atomic E-state index is 0.107. The SMILES string of the molecule is C=C(C)C(C)(C)CCS(=O)(=O)NC. The summed E-state index contributed by atoms with van der Waals surface area (Å²) in [5, 5.41) is 0. The smallest absolute Gasteiger partial charge is 0.211 e.